The van der Waals surface area contributed by atoms with Gasteiger partial charge in [-0.3, -0.25) is 14.5 Å². The molecule has 0 aromatic carbocycles. The van der Waals surface area contributed by atoms with Crippen molar-refractivity contribution in [2.75, 3.05) is 20.1 Å². The Morgan fingerprint density at radius 3 is 3.00 bits per heavy atom. The van der Waals surface area contributed by atoms with E-state index < -0.39 is 5.97 Å². The molecule has 2 heterocycles. The predicted molar refractivity (Wildman–Crippen MR) is 66.5 cm³/mol. The van der Waals surface area contributed by atoms with Gasteiger partial charge < -0.3 is 10.4 Å². The van der Waals surface area contributed by atoms with E-state index in [4.69, 9.17) is 5.11 Å². The zero-order valence-electron chi connectivity index (χ0n) is 10.1. The molecule has 6 nitrogen and oxygen atoms in total. The maximum atomic E-state index is 11.3. The summed E-state index contributed by atoms with van der Waals surface area (Å²) in [5.74, 6) is -0.864. The van der Waals surface area contributed by atoms with Crippen LogP contribution in [0.15, 0.2) is 0 Å². The van der Waals surface area contributed by atoms with Crippen LogP contribution < -0.4 is 5.32 Å². The van der Waals surface area contributed by atoms with E-state index in [-0.39, 0.29) is 12.5 Å². The lowest BCUT2D eigenvalue weighted by atomic mass is 10.2. The van der Waals surface area contributed by atoms with Gasteiger partial charge in [-0.1, -0.05) is 0 Å². The summed E-state index contributed by atoms with van der Waals surface area (Å²) in [6, 6.07) is 0. The summed E-state index contributed by atoms with van der Waals surface area (Å²) in [5.41, 5.74) is 1.01. The van der Waals surface area contributed by atoms with Crippen LogP contribution in [0.4, 0.5) is 0 Å². The van der Waals surface area contributed by atoms with Gasteiger partial charge in [0.15, 0.2) is 0 Å². The average molecular weight is 269 g/mol. The van der Waals surface area contributed by atoms with Gasteiger partial charge in [0.05, 0.1) is 18.7 Å². The number of nitrogens with one attached hydrogen (secondary N) is 1. The molecule has 2 N–H and O–H groups in total. The Morgan fingerprint density at radius 2 is 2.33 bits per heavy atom. The third kappa shape index (κ3) is 3.05. The standard InChI is InChI=1S/C11H15N3O3S/c1-12-9(15)4-10-13-7-2-3-14(6-11(16)17)5-8(7)18-10/h2-6H2,1H3,(H,12,15)(H,16,17). The Hall–Kier alpha value is -1.47. The summed E-state index contributed by atoms with van der Waals surface area (Å²) in [7, 11) is 1.60. The highest BCUT2D eigenvalue weighted by Gasteiger charge is 2.22. The van der Waals surface area contributed by atoms with Crippen LogP contribution in [0, 0.1) is 0 Å². The van der Waals surface area contributed by atoms with Crippen LogP contribution in [0.5, 0.6) is 0 Å². The Bertz CT molecular complexity index is 472. The first-order valence-corrected chi connectivity index (χ1v) is 6.52. The maximum Gasteiger partial charge on any atom is 0.317 e. The van der Waals surface area contributed by atoms with Crippen molar-refractivity contribution in [3.05, 3.63) is 15.6 Å². The average Bonchev–Trinajstić information content (AvgIpc) is 2.69. The molecule has 1 aliphatic heterocycles. The van der Waals surface area contributed by atoms with Crippen molar-refractivity contribution >= 4 is 23.2 Å². The van der Waals surface area contributed by atoms with Crippen molar-refractivity contribution in [3.63, 3.8) is 0 Å². The first kappa shape index (κ1) is 13.0. The minimum Gasteiger partial charge on any atom is -0.480 e. The number of carbonyl (C=O) groups excluding carboxylic acids is 1. The van der Waals surface area contributed by atoms with Gasteiger partial charge in [0, 0.05) is 31.4 Å². The molecule has 0 fully saturated rings. The molecule has 2 rings (SSSR count). The molecule has 1 aliphatic rings. The number of fused-ring (bicyclic) bond motifs is 1. The number of amides is 1. The fraction of sp³-hybridized carbons (Fsp3) is 0.545. The first-order valence-electron chi connectivity index (χ1n) is 5.70. The maximum absolute atomic E-state index is 11.3. The van der Waals surface area contributed by atoms with Crippen molar-refractivity contribution in [1.82, 2.24) is 15.2 Å². The van der Waals surface area contributed by atoms with Crippen LogP contribution >= 0.6 is 11.3 Å². The summed E-state index contributed by atoms with van der Waals surface area (Å²) in [4.78, 5) is 29.3. The minimum absolute atomic E-state index is 0.0523. The number of carbonyl (C=O) groups is 2. The van der Waals surface area contributed by atoms with Crippen LogP contribution in [0.25, 0.3) is 0 Å². The number of thiazole rings is 1. The third-order valence-corrected chi connectivity index (χ3v) is 3.89. The van der Waals surface area contributed by atoms with E-state index >= 15 is 0 Å². The number of carboxylic acids is 1. The smallest absolute Gasteiger partial charge is 0.317 e. The number of aliphatic carboxylic acids is 1. The van der Waals surface area contributed by atoms with Gasteiger partial charge in [0.25, 0.3) is 0 Å². The van der Waals surface area contributed by atoms with Crippen molar-refractivity contribution in [2.45, 2.75) is 19.4 Å². The number of carboxylic acid groups (broad SMARTS) is 1. The topological polar surface area (TPSA) is 82.5 Å². The van der Waals surface area contributed by atoms with Crippen molar-refractivity contribution in [3.8, 4) is 0 Å². The second-order valence-corrected chi connectivity index (χ2v) is 5.35. The number of aromatic nitrogens is 1. The van der Waals surface area contributed by atoms with Gasteiger partial charge in [-0.2, -0.15) is 0 Å². The highest BCUT2D eigenvalue weighted by molar-refractivity contribution is 7.11. The molecule has 0 atom stereocenters. The zero-order chi connectivity index (χ0) is 13.1. The Kier molecular flexibility index (Phi) is 3.93. The van der Waals surface area contributed by atoms with Crippen LogP contribution in [0.2, 0.25) is 0 Å². The monoisotopic (exact) mass is 269 g/mol. The number of hydrogen-bond acceptors (Lipinski definition) is 5. The van der Waals surface area contributed by atoms with Crippen LogP contribution in [-0.4, -0.2) is 47.0 Å². The normalized spacial score (nSPS) is 15.2. The molecule has 0 bridgehead atoms. The summed E-state index contributed by atoms with van der Waals surface area (Å²) < 4.78 is 0. The quantitative estimate of drug-likeness (QED) is 0.796. The molecule has 98 valence electrons. The van der Waals surface area contributed by atoms with Gasteiger partial charge >= 0.3 is 5.97 Å². The molecular weight excluding hydrogens is 254 g/mol. The lowest BCUT2D eigenvalue weighted by Gasteiger charge is -2.23. The number of hydrogen-bond donors (Lipinski definition) is 2. The summed E-state index contributed by atoms with van der Waals surface area (Å²) >= 11 is 1.50. The van der Waals surface area contributed by atoms with Gasteiger partial charge in [0.2, 0.25) is 5.91 Å². The number of likely N-dealkylation sites (N-methyl/N-ethyl adjacent to an activating group) is 1. The summed E-state index contributed by atoms with van der Waals surface area (Å²) in [6.07, 6.45) is 1.06. The highest BCUT2D eigenvalue weighted by Crippen LogP contribution is 2.25. The predicted octanol–water partition coefficient (Wildman–Crippen LogP) is -0.126. The van der Waals surface area contributed by atoms with Crippen molar-refractivity contribution in [2.24, 2.45) is 0 Å². The second kappa shape index (κ2) is 5.45. The van der Waals surface area contributed by atoms with Crippen LogP contribution in [0.1, 0.15) is 15.6 Å². The number of rotatable bonds is 4. The van der Waals surface area contributed by atoms with E-state index in [1.54, 1.807) is 7.05 Å². The molecule has 1 aromatic rings. The SMILES string of the molecule is CNC(=O)Cc1nc2c(s1)CN(CC(=O)O)CC2. The van der Waals surface area contributed by atoms with E-state index in [1.807, 2.05) is 4.90 Å². The third-order valence-electron chi connectivity index (χ3n) is 2.80. The van der Waals surface area contributed by atoms with Gasteiger partial charge in [-0.15, -0.1) is 11.3 Å². The first-order chi connectivity index (χ1) is 8.58. The van der Waals surface area contributed by atoms with Crippen LogP contribution in [0.3, 0.4) is 0 Å². The lowest BCUT2D eigenvalue weighted by molar-refractivity contribution is -0.138. The Balaban J connectivity index is 2.04. The molecule has 0 saturated heterocycles. The number of nitrogens with zero attached hydrogens (tertiary/aromatic N) is 2. The molecule has 0 spiro atoms. The zero-order valence-corrected chi connectivity index (χ0v) is 10.9. The van der Waals surface area contributed by atoms with E-state index in [9.17, 15) is 9.59 Å². The van der Waals surface area contributed by atoms with E-state index in [1.165, 1.54) is 11.3 Å². The van der Waals surface area contributed by atoms with Gasteiger partial charge in [0.1, 0.15) is 5.01 Å². The van der Waals surface area contributed by atoms with Gasteiger partial charge in [-0.05, 0) is 0 Å². The minimum atomic E-state index is -0.812. The van der Waals surface area contributed by atoms with E-state index in [0.717, 1.165) is 22.0 Å². The molecule has 0 saturated carbocycles. The molecule has 1 aromatic heterocycles. The fourth-order valence-electron chi connectivity index (χ4n) is 1.93. The molecule has 0 aliphatic carbocycles. The summed E-state index contributed by atoms with van der Waals surface area (Å²) in [5, 5.41) is 12.1. The Labute approximate surface area is 109 Å². The largest absolute Gasteiger partial charge is 0.480 e. The fourth-order valence-corrected chi connectivity index (χ4v) is 3.09. The van der Waals surface area contributed by atoms with E-state index in [0.29, 0.717) is 19.5 Å². The molecule has 0 unspecified atom stereocenters. The van der Waals surface area contributed by atoms with E-state index in [2.05, 4.69) is 10.3 Å². The molecule has 7 heteroatoms. The van der Waals surface area contributed by atoms with Gasteiger partial charge in [-0.25, -0.2) is 4.98 Å². The molecule has 0 radical (unpaired) electrons. The molecule has 18 heavy (non-hydrogen) atoms. The van der Waals surface area contributed by atoms with Crippen molar-refractivity contribution < 1.29 is 14.7 Å². The highest BCUT2D eigenvalue weighted by atomic mass is 32.1. The Morgan fingerprint density at radius 1 is 1.56 bits per heavy atom. The molecular formula is C11H15N3O3S. The second-order valence-electron chi connectivity index (χ2n) is 4.18. The lowest BCUT2D eigenvalue weighted by Crippen LogP contribution is -2.34. The van der Waals surface area contributed by atoms with Crippen molar-refractivity contribution in [1.29, 1.82) is 0 Å². The summed E-state index contributed by atoms with van der Waals surface area (Å²) in [6.45, 7) is 1.39. The van der Waals surface area contributed by atoms with Crippen LogP contribution in [-0.2, 0) is 29.0 Å². The molecule has 1 amide bonds.